The maximum absolute atomic E-state index is 12.8. The molecule has 1 heterocycles. The SMILES string of the molecule is COc1ccc(C(=O)c2oc3ccccc3c2NC(=O)CI)cc1. The Morgan fingerprint density at radius 1 is 1.12 bits per heavy atom. The molecule has 5 nitrogen and oxygen atoms in total. The molecule has 0 aliphatic heterocycles. The highest BCUT2D eigenvalue weighted by atomic mass is 127. The number of ketones is 1. The number of hydrogen-bond acceptors (Lipinski definition) is 4. The number of fused-ring (bicyclic) bond motifs is 1. The molecule has 1 amide bonds. The number of alkyl halides is 1. The quantitative estimate of drug-likeness (QED) is 0.373. The van der Waals surface area contributed by atoms with Gasteiger partial charge in [0, 0.05) is 10.9 Å². The van der Waals surface area contributed by atoms with Gasteiger partial charge in [0.1, 0.15) is 11.3 Å². The van der Waals surface area contributed by atoms with E-state index in [0.29, 0.717) is 28.0 Å². The zero-order valence-electron chi connectivity index (χ0n) is 12.8. The van der Waals surface area contributed by atoms with Crippen LogP contribution < -0.4 is 10.1 Å². The molecule has 0 saturated carbocycles. The molecule has 0 bridgehead atoms. The lowest BCUT2D eigenvalue weighted by atomic mass is 10.1. The fraction of sp³-hybridized carbons (Fsp3) is 0.111. The summed E-state index contributed by atoms with van der Waals surface area (Å²) >= 11 is 1.97. The van der Waals surface area contributed by atoms with Crippen molar-refractivity contribution in [3.05, 3.63) is 59.9 Å². The average molecular weight is 435 g/mol. The molecule has 0 atom stereocenters. The Morgan fingerprint density at radius 3 is 2.50 bits per heavy atom. The molecule has 1 N–H and O–H groups in total. The number of ether oxygens (including phenoxy) is 1. The lowest BCUT2D eigenvalue weighted by Crippen LogP contribution is -2.14. The topological polar surface area (TPSA) is 68.5 Å². The summed E-state index contributed by atoms with van der Waals surface area (Å²) in [6, 6.07) is 14.0. The van der Waals surface area contributed by atoms with Crippen LogP contribution in [0.5, 0.6) is 5.75 Å². The van der Waals surface area contributed by atoms with Gasteiger partial charge in [-0.05, 0) is 36.4 Å². The summed E-state index contributed by atoms with van der Waals surface area (Å²) in [5, 5.41) is 3.47. The average Bonchev–Trinajstić information content (AvgIpc) is 2.99. The molecule has 6 heteroatoms. The number of nitrogens with one attached hydrogen (secondary N) is 1. The fourth-order valence-electron chi connectivity index (χ4n) is 2.38. The Morgan fingerprint density at radius 2 is 1.83 bits per heavy atom. The standard InChI is InChI=1S/C18H14INO4/c1-23-12-8-6-11(7-9-12)17(22)18-16(20-15(21)10-19)13-4-2-3-5-14(13)24-18/h2-9H,10H2,1H3,(H,20,21). The molecule has 122 valence electrons. The van der Waals surface area contributed by atoms with Crippen LogP contribution in [0.25, 0.3) is 11.0 Å². The number of furan rings is 1. The van der Waals surface area contributed by atoms with Crippen molar-refractivity contribution in [2.75, 3.05) is 16.9 Å². The first-order chi connectivity index (χ1) is 11.6. The van der Waals surface area contributed by atoms with Crippen LogP contribution in [-0.2, 0) is 4.79 Å². The Hall–Kier alpha value is -2.35. The van der Waals surface area contributed by atoms with Crippen LogP contribution in [0.1, 0.15) is 16.1 Å². The van der Waals surface area contributed by atoms with Crippen LogP contribution in [-0.4, -0.2) is 23.2 Å². The molecule has 0 saturated heterocycles. The number of halogens is 1. The minimum Gasteiger partial charge on any atom is -0.497 e. The van der Waals surface area contributed by atoms with Crippen molar-refractivity contribution in [3.63, 3.8) is 0 Å². The molecule has 1 aromatic heterocycles. The third-order valence-electron chi connectivity index (χ3n) is 3.54. The molecular formula is C18H14INO4. The summed E-state index contributed by atoms with van der Waals surface area (Å²) in [6.07, 6.45) is 0. The van der Waals surface area contributed by atoms with Gasteiger partial charge in [0.15, 0.2) is 5.76 Å². The molecule has 0 radical (unpaired) electrons. The number of para-hydroxylation sites is 1. The predicted octanol–water partition coefficient (Wildman–Crippen LogP) is 4.05. The molecule has 0 spiro atoms. The molecule has 2 aromatic carbocycles. The molecule has 24 heavy (non-hydrogen) atoms. The van der Waals surface area contributed by atoms with E-state index in [2.05, 4.69) is 5.32 Å². The van der Waals surface area contributed by atoms with Crippen molar-refractivity contribution in [2.45, 2.75) is 0 Å². The third kappa shape index (κ3) is 3.14. The summed E-state index contributed by atoms with van der Waals surface area (Å²) < 4.78 is 11.1. The van der Waals surface area contributed by atoms with Crippen LogP contribution in [0, 0.1) is 0 Å². The number of amides is 1. The number of carbonyl (C=O) groups is 2. The van der Waals surface area contributed by atoms with Crippen molar-refractivity contribution >= 4 is 50.9 Å². The first kappa shape index (κ1) is 16.5. The van der Waals surface area contributed by atoms with Crippen molar-refractivity contribution in [2.24, 2.45) is 0 Å². The molecule has 0 fully saturated rings. The van der Waals surface area contributed by atoms with Crippen LogP contribution in [0.2, 0.25) is 0 Å². The predicted molar refractivity (Wildman–Crippen MR) is 100 cm³/mol. The number of rotatable bonds is 5. The van der Waals surface area contributed by atoms with Gasteiger partial charge >= 0.3 is 0 Å². The summed E-state index contributed by atoms with van der Waals surface area (Å²) in [5.74, 6) is 0.303. The van der Waals surface area contributed by atoms with E-state index in [1.165, 1.54) is 0 Å². The summed E-state index contributed by atoms with van der Waals surface area (Å²) in [6.45, 7) is 0. The van der Waals surface area contributed by atoms with Crippen molar-refractivity contribution < 1.29 is 18.7 Å². The highest BCUT2D eigenvalue weighted by molar-refractivity contribution is 14.1. The first-order valence-electron chi connectivity index (χ1n) is 7.20. The van der Waals surface area contributed by atoms with Gasteiger partial charge in [-0.2, -0.15) is 0 Å². The van der Waals surface area contributed by atoms with E-state index in [9.17, 15) is 9.59 Å². The molecule has 3 rings (SSSR count). The van der Waals surface area contributed by atoms with Crippen LogP contribution in [0.3, 0.4) is 0 Å². The third-order valence-corrected chi connectivity index (χ3v) is 4.23. The van der Waals surface area contributed by atoms with Gasteiger partial charge < -0.3 is 14.5 Å². The molecule has 3 aromatic rings. The van der Waals surface area contributed by atoms with E-state index in [1.807, 2.05) is 40.8 Å². The number of anilines is 1. The normalized spacial score (nSPS) is 10.6. The zero-order valence-corrected chi connectivity index (χ0v) is 15.0. The van der Waals surface area contributed by atoms with Crippen LogP contribution in [0.15, 0.2) is 52.9 Å². The van der Waals surface area contributed by atoms with Gasteiger partial charge in [0.25, 0.3) is 0 Å². The van der Waals surface area contributed by atoms with Gasteiger partial charge in [-0.25, -0.2) is 0 Å². The number of methoxy groups -OCH3 is 1. The summed E-state index contributed by atoms with van der Waals surface area (Å²) in [7, 11) is 1.56. The maximum Gasteiger partial charge on any atom is 0.234 e. The highest BCUT2D eigenvalue weighted by Crippen LogP contribution is 2.32. The monoisotopic (exact) mass is 435 g/mol. The van der Waals surface area contributed by atoms with Gasteiger partial charge in [0.05, 0.1) is 17.2 Å². The Bertz CT molecular complexity index is 899. The minimum atomic E-state index is -0.294. The second-order valence-corrected chi connectivity index (χ2v) is 5.80. The van der Waals surface area contributed by atoms with Crippen molar-refractivity contribution in [1.29, 1.82) is 0 Å². The van der Waals surface area contributed by atoms with E-state index in [4.69, 9.17) is 9.15 Å². The van der Waals surface area contributed by atoms with E-state index in [0.717, 1.165) is 0 Å². The molecule has 0 unspecified atom stereocenters. The molecule has 0 aliphatic carbocycles. The molecular weight excluding hydrogens is 421 g/mol. The van der Waals surface area contributed by atoms with Gasteiger partial charge in [-0.1, -0.05) is 34.7 Å². The Balaban J connectivity index is 2.07. The Labute approximate surface area is 152 Å². The first-order valence-corrected chi connectivity index (χ1v) is 8.72. The van der Waals surface area contributed by atoms with Crippen molar-refractivity contribution in [1.82, 2.24) is 0 Å². The van der Waals surface area contributed by atoms with Gasteiger partial charge in [-0.3, -0.25) is 9.59 Å². The van der Waals surface area contributed by atoms with Crippen molar-refractivity contribution in [3.8, 4) is 5.75 Å². The van der Waals surface area contributed by atoms with E-state index in [1.54, 1.807) is 37.4 Å². The fourth-order valence-corrected chi connectivity index (χ4v) is 2.57. The van der Waals surface area contributed by atoms with Gasteiger partial charge in [-0.15, -0.1) is 0 Å². The summed E-state index contributed by atoms with van der Waals surface area (Å²) in [5.41, 5.74) is 1.42. The lowest BCUT2D eigenvalue weighted by Gasteiger charge is -2.05. The van der Waals surface area contributed by atoms with E-state index >= 15 is 0 Å². The maximum atomic E-state index is 12.8. The summed E-state index contributed by atoms with van der Waals surface area (Å²) in [4.78, 5) is 24.6. The highest BCUT2D eigenvalue weighted by Gasteiger charge is 2.23. The smallest absolute Gasteiger partial charge is 0.234 e. The lowest BCUT2D eigenvalue weighted by molar-refractivity contribution is -0.113. The van der Waals surface area contributed by atoms with E-state index in [-0.39, 0.29) is 21.9 Å². The number of carbonyl (C=O) groups excluding carboxylic acids is 2. The Kier molecular flexibility index (Phi) is 4.84. The second-order valence-electron chi connectivity index (χ2n) is 5.04. The largest absolute Gasteiger partial charge is 0.497 e. The van der Waals surface area contributed by atoms with Crippen LogP contribution in [0.4, 0.5) is 5.69 Å². The number of hydrogen-bond donors (Lipinski definition) is 1. The number of benzene rings is 2. The van der Waals surface area contributed by atoms with E-state index < -0.39 is 0 Å². The van der Waals surface area contributed by atoms with Crippen LogP contribution >= 0.6 is 22.6 Å². The zero-order chi connectivity index (χ0) is 17.1. The molecule has 0 aliphatic rings. The second kappa shape index (κ2) is 7.04. The minimum absolute atomic E-state index is 0.125. The van der Waals surface area contributed by atoms with Gasteiger partial charge in [0.2, 0.25) is 11.7 Å².